The number of thiol groups is 1. The Bertz CT molecular complexity index is 496. The molecule has 1 aromatic rings. The largest absolute Gasteiger partial charge is 0.143 e. The Balaban J connectivity index is 2.48. The summed E-state index contributed by atoms with van der Waals surface area (Å²) in [5, 5.41) is 0. The SMILES string of the molecule is Cc1cc(S)ccc1C1=CC=CCC#C1. The highest BCUT2D eigenvalue weighted by molar-refractivity contribution is 7.80. The molecule has 2 rings (SSSR count). The Morgan fingerprint density at radius 3 is 3.00 bits per heavy atom. The molecule has 0 saturated carbocycles. The number of rotatable bonds is 1. The second-order valence-electron chi connectivity index (χ2n) is 3.51. The van der Waals surface area contributed by atoms with Gasteiger partial charge in [0.25, 0.3) is 0 Å². The van der Waals surface area contributed by atoms with Gasteiger partial charge in [-0.15, -0.1) is 12.6 Å². The summed E-state index contributed by atoms with van der Waals surface area (Å²) < 4.78 is 0. The molecule has 0 heterocycles. The summed E-state index contributed by atoms with van der Waals surface area (Å²) in [4.78, 5) is 0.994. The fraction of sp³-hybridized carbons (Fsp3) is 0.143. The minimum absolute atomic E-state index is 0.837. The third kappa shape index (κ3) is 2.34. The van der Waals surface area contributed by atoms with Gasteiger partial charge in [0, 0.05) is 16.9 Å². The first-order chi connectivity index (χ1) is 7.27. The van der Waals surface area contributed by atoms with Crippen molar-refractivity contribution in [3.8, 4) is 11.8 Å². The molecule has 1 aliphatic carbocycles. The summed E-state index contributed by atoms with van der Waals surface area (Å²) in [5.74, 6) is 6.30. The van der Waals surface area contributed by atoms with Gasteiger partial charge >= 0.3 is 0 Å². The zero-order valence-corrected chi connectivity index (χ0v) is 9.51. The van der Waals surface area contributed by atoms with Crippen LogP contribution in [0.2, 0.25) is 0 Å². The van der Waals surface area contributed by atoms with E-state index >= 15 is 0 Å². The predicted molar refractivity (Wildman–Crippen MR) is 67.9 cm³/mol. The van der Waals surface area contributed by atoms with Crippen LogP contribution in [0, 0.1) is 18.8 Å². The van der Waals surface area contributed by atoms with Crippen molar-refractivity contribution in [2.75, 3.05) is 0 Å². The van der Waals surface area contributed by atoms with Crippen LogP contribution in [0.3, 0.4) is 0 Å². The Labute approximate surface area is 96.1 Å². The molecule has 1 aliphatic rings. The maximum atomic E-state index is 4.32. The van der Waals surface area contributed by atoms with Gasteiger partial charge in [0.1, 0.15) is 0 Å². The first-order valence-corrected chi connectivity index (χ1v) is 5.38. The lowest BCUT2D eigenvalue weighted by atomic mass is 10.0. The lowest BCUT2D eigenvalue weighted by Gasteiger charge is -2.05. The average Bonchev–Trinajstić information content (AvgIpc) is 2.46. The van der Waals surface area contributed by atoms with E-state index in [4.69, 9.17) is 0 Å². The monoisotopic (exact) mass is 212 g/mol. The molecule has 0 N–H and O–H groups in total. The second kappa shape index (κ2) is 4.42. The Kier molecular flexibility index (Phi) is 2.99. The molecule has 0 saturated heterocycles. The standard InChI is InChI=1S/C14H12S/c1-11-10-13(15)8-9-14(11)12-6-4-2-3-5-7-12/h2,4,6,8-10,15H,3H2,1H3. The molecule has 0 radical (unpaired) electrons. The van der Waals surface area contributed by atoms with Crippen LogP contribution in [0.15, 0.2) is 41.3 Å². The van der Waals surface area contributed by atoms with Gasteiger partial charge in [-0.3, -0.25) is 0 Å². The summed E-state index contributed by atoms with van der Waals surface area (Å²) in [7, 11) is 0. The molecule has 0 nitrogen and oxygen atoms in total. The highest BCUT2D eigenvalue weighted by Gasteiger charge is 2.02. The van der Waals surface area contributed by atoms with Crippen LogP contribution in [0.5, 0.6) is 0 Å². The van der Waals surface area contributed by atoms with E-state index in [1.165, 1.54) is 11.1 Å². The van der Waals surface area contributed by atoms with E-state index < -0.39 is 0 Å². The summed E-state index contributed by atoms with van der Waals surface area (Å²) in [6.45, 7) is 2.09. The van der Waals surface area contributed by atoms with Crippen LogP contribution >= 0.6 is 12.6 Å². The Morgan fingerprint density at radius 2 is 2.20 bits per heavy atom. The summed E-state index contributed by atoms with van der Waals surface area (Å²) in [5.41, 5.74) is 3.51. The quantitative estimate of drug-likeness (QED) is 0.533. The number of hydrogen-bond acceptors (Lipinski definition) is 1. The van der Waals surface area contributed by atoms with Gasteiger partial charge in [-0.2, -0.15) is 0 Å². The molecule has 1 heteroatoms. The van der Waals surface area contributed by atoms with E-state index in [1.54, 1.807) is 0 Å². The zero-order chi connectivity index (χ0) is 10.7. The highest BCUT2D eigenvalue weighted by Crippen LogP contribution is 2.21. The van der Waals surface area contributed by atoms with Gasteiger partial charge in [0.05, 0.1) is 0 Å². The minimum atomic E-state index is 0.837. The van der Waals surface area contributed by atoms with Gasteiger partial charge < -0.3 is 0 Å². The number of aryl methyl sites for hydroxylation is 1. The molecule has 15 heavy (non-hydrogen) atoms. The smallest absolute Gasteiger partial charge is 0.0320 e. The van der Waals surface area contributed by atoms with Crippen LogP contribution in [-0.4, -0.2) is 0 Å². The van der Waals surface area contributed by atoms with Crippen molar-refractivity contribution < 1.29 is 0 Å². The third-order valence-corrected chi connectivity index (χ3v) is 2.62. The molecule has 0 aliphatic heterocycles. The Hall–Kier alpha value is -1.39. The number of hydrogen-bond donors (Lipinski definition) is 1. The van der Waals surface area contributed by atoms with Crippen molar-refractivity contribution in [2.45, 2.75) is 18.2 Å². The van der Waals surface area contributed by atoms with Gasteiger partial charge in [-0.25, -0.2) is 0 Å². The Morgan fingerprint density at radius 1 is 1.33 bits per heavy atom. The topological polar surface area (TPSA) is 0 Å². The number of benzene rings is 1. The van der Waals surface area contributed by atoms with Gasteiger partial charge in [-0.05, 0) is 36.3 Å². The van der Waals surface area contributed by atoms with E-state index in [9.17, 15) is 0 Å². The van der Waals surface area contributed by atoms with Crippen molar-refractivity contribution in [1.82, 2.24) is 0 Å². The van der Waals surface area contributed by atoms with Crippen molar-refractivity contribution in [2.24, 2.45) is 0 Å². The van der Waals surface area contributed by atoms with E-state index in [0.29, 0.717) is 0 Å². The normalized spacial score (nSPS) is 13.9. The first kappa shape index (κ1) is 10.1. The molecule has 0 spiro atoms. The van der Waals surface area contributed by atoms with Gasteiger partial charge in [0.15, 0.2) is 0 Å². The highest BCUT2D eigenvalue weighted by atomic mass is 32.1. The molecule has 0 fully saturated rings. The molecule has 0 atom stereocenters. The van der Waals surface area contributed by atoms with Crippen LogP contribution in [0.25, 0.3) is 5.57 Å². The molecule has 0 bridgehead atoms. The number of allylic oxidation sites excluding steroid dienone is 4. The fourth-order valence-corrected chi connectivity index (χ4v) is 1.85. The van der Waals surface area contributed by atoms with Crippen molar-refractivity contribution in [3.63, 3.8) is 0 Å². The minimum Gasteiger partial charge on any atom is -0.143 e. The molecule has 1 aromatic carbocycles. The molecule has 0 unspecified atom stereocenters. The lowest BCUT2D eigenvalue weighted by Crippen LogP contribution is -1.86. The molecule has 0 amide bonds. The second-order valence-corrected chi connectivity index (χ2v) is 4.03. The van der Waals surface area contributed by atoms with Crippen LogP contribution in [-0.2, 0) is 0 Å². The van der Waals surface area contributed by atoms with Gasteiger partial charge in [-0.1, -0.05) is 30.1 Å². The van der Waals surface area contributed by atoms with Crippen molar-refractivity contribution in [1.29, 1.82) is 0 Å². The van der Waals surface area contributed by atoms with Gasteiger partial charge in [0.2, 0.25) is 0 Å². The van der Waals surface area contributed by atoms with E-state index in [2.05, 4.69) is 61.8 Å². The predicted octanol–water partition coefficient (Wildman–Crippen LogP) is 3.63. The van der Waals surface area contributed by atoms with Crippen LogP contribution in [0.1, 0.15) is 17.5 Å². The lowest BCUT2D eigenvalue weighted by molar-refractivity contribution is 1.34. The van der Waals surface area contributed by atoms with E-state index in [-0.39, 0.29) is 0 Å². The summed E-state index contributed by atoms with van der Waals surface area (Å²) in [6, 6.07) is 6.15. The van der Waals surface area contributed by atoms with E-state index in [0.717, 1.165) is 16.9 Å². The van der Waals surface area contributed by atoms with Crippen LogP contribution in [0.4, 0.5) is 0 Å². The maximum absolute atomic E-state index is 4.32. The third-order valence-electron chi connectivity index (χ3n) is 2.34. The first-order valence-electron chi connectivity index (χ1n) is 4.93. The fourth-order valence-electron chi connectivity index (χ4n) is 1.59. The molecule has 74 valence electrons. The summed E-state index contributed by atoms with van der Waals surface area (Å²) in [6.07, 6.45) is 7.03. The maximum Gasteiger partial charge on any atom is 0.0320 e. The molecular formula is C14H12S. The van der Waals surface area contributed by atoms with Crippen LogP contribution < -0.4 is 0 Å². The molecular weight excluding hydrogens is 200 g/mol. The van der Waals surface area contributed by atoms with Crippen molar-refractivity contribution >= 4 is 18.2 Å². The van der Waals surface area contributed by atoms with E-state index in [1.807, 2.05) is 6.07 Å². The summed E-state index contributed by atoms with van der Waals surface area (Å²) >= 11 is 4.32. The average molecular weight is 212 g/mol. The van der Waals surface area contributed by atoms with Crippen molar-refractivity contribution in [3.05, 3.63) is 47.6 Å². The molecule has 0 aromatic heterocycles. The zero-order valence-electron chi connectivity index (χ0n) is 8.62.